The molecule has 0 amide bonds. The third-order valence-electron chi connectivity index (χ3n) is 5.18. The lowest BCUT2D eigenvalue weighted by Gasteiger charge is -2.46. The Bertz CT molecular complexity index is 319. The summed E-state index contributed by atoms with van der Waals surface area (Å²) in [5.74, 6) is 0.658. The van der Waals surface area contributed by atoms with Gasteiger partial charge < -0.3 is 10.2 Å². The summed E-state index contributed by atoms with van der Waals surface area (Å²) in [6.45, 7) is 6.59. The topological polar surface area (TPSA) is 40.5 Å². The van der Waals surface area contributed by atoms with Crippen LogP contribution in [0.25, 0.3) is 0 Å². The molecule has 0 radical (unpaired) electrons. The van der Waals surface area contributed by atoms with Gasteiger partial charge in [-0.1, -0.05) is 18.6 Å². The molecule has 1 fully saturated rings. The normalized spacial score (nSPS) is 47.0. The highest BCUT2D eigenvalue weighted by Gasteiger charge is 2.49. The molecule has 0 spiro atoms. The summed E-state index contributed by atoms with van der Waals surface area (Å²) < 4.78 is 0. The predicted octanol–water partition coefficient (Wildman–Crippen LogP) is 2.89. The number of aliphatic hydroxyl groups is 2. The highest BCUT2D eigenvalue weighted by molar-refractivity contribution is 5.17. The zero-order valence-corrected chi connectivity index (χ0v) is 11.4. The van der Waals surface area contributed by atoms with Gasteiger partial charge in [-0.3, -0.25) is 0 Å². The van der Waals surface area contributed by atoms with E-state index in [0.29, 0.717) is 11.8 Å². The average molecular weight is 238 g/mol. The van der Waals surface area contributed by atoms with Crippen molar-refractivity contribution in [3.8, 4) is 0 Å². The van der Waals surface area contributed by atoms with Crippen molar-refractivity contribution in [2.75, 3.05) is 6.61 Å². The Morgan fingerprint density at radius 2 is 2.06 bits per heavy atom. The van der Waals surface area contributed by atoms with Crippen LogP contribution in [-0.2, 0) is 0 Å². The quantitative estimate of drug-likeness (QED) is 0.690. The van der Waals surface area contributed by atoms with E-state index in [1.54, 1.807) is 0 Å². The van der Waals surface area contributed by atoms with Gasteiger partial charge >= 0.3 is 0 Å². The largest absolute Gasteiger partial charge is 0.396 e. The number of rotatable bonds is 1. The molecule has 0 aromatic heterocycles. The van der Waals surface area contributed by atoms with Crippen molar-refractivity contribution in [1.29, 1.82) is 0 Å². The average Bonchev–Trinajstić information content (AvgIpc) is 2.37. The molecule has 2 nitrogen and oxygen atoms in total. The molecular formula is C15H26O2. The van der Waals surface area contributed by atoms with Gasteiger partial charge in [0, 0.05) is 6.61 Å². The van der Waals surface area contributed by atoms with Crippen molar-refractivity contribution in [3.63, 3.8) is 0 Å². The van der Waals surface area contributed by atoms with Gasteiger partial charge in [-0.25, -0.2) is 0 Å². The number of aliphatic hydroxyl groups excluding tert-OH is 1. The molecule has 17 heavy (non-hydrogen) atoms. The number of fused-ring (bicyclic) bond motifs is 1. The summed E-state index contributed by atoms with van der Waals surface area (Å²) in [7, 11) is 0. The Kier molecular flexibility index (Phi) is 3.39. The van der Waals surface area contributed by atoms with E-state index >= 15 is 0 Å². The van der Waals surface area contributed by atoms with Crippen LogP contribution >= 0.6 is 0 Å². The van der Waals surface area contributed by atoms with E-state index in [2.05, 4.69) is 19.9 Å². The molecule has 2 aliphatic rings. The lowest BCUT2D eigenvalue weighted by molar-refractivity contribution is -0.0506. The second-order valence-electron chi connectivity index (χ2n) is 6.63. The first-order valence-electron chi connectivity index (χ1n) is 6.91. The Morgan fingerprint density at radius 1 is 1.35 bits per heavy atom. The summed E-state index contributed by atoms with van der Waals surface area (Å²) in [5, 5.41) is 20.5. The Hall–Kier alpha value is -0.340. The number of allylic oxidation sites excluding steroid dienone is 2. The first-order chi connectivity index (χ1) is 7.91. The molecule has 2 aliphatic carbocycles. The van der Waals surface area contributed by atoms with Gasteiger partial charge in [0.1, 0.15) is 0 Å². The fourth-order valence-electron chi connectivity index (χ4n) is 4.18. The number of hydrogen-bond donors (Lipinski definition) is 2. The van der Waals surface area contributed by atoms with Crippen LogP contribution in [-0.4, -0.2) is 22.4 Å². The summed E-state index contributed by atoms with van der Waals surface area (Å²) in [4.78, 5) is 0. The minimum atomic E-state index is -0.562. The molecule has 0 saturated heterocycles. The maximum absolute atomic E-state index is 10.7. The summed E-state index contributed by atoms with van der Waals surface area (Å²) in [6.07, 6.45) is 7.35. The first-order valence-corrected chi connectivity index (χ1v) is 6.91. The van der Waals surface area contributed by atoms with Gasteiger partial charge in [0.05, 0.1) is 5.60 Å². The standard InChI is InChI=1S/C15H26O2/c1-11-6-4-7-12-13(11)14(2,10-16)8-5-9-15(12,3)17/h6,12-13,16-17H,4-5,7-10H2,1-3H3. The van der Waals surface area contributed by atoms with Crippen LogP contribution in [0, 0.1) is 17.3 Å². The van der Waals surface area contributed by atoms with Crippen LogP contribution in [0.4, 0.5) is 0 Å². The van der Waals surface area contributed by atoms with Crippen LogP contribution in [0.2, 0.25) is 0 Å². The molecule has 4 unspecified atom stereocenters. The molecule has 0 bridgehead atoms. The first kappa shape index (κ1) is 13.1. The van der Waals surface area contributed by atoms with Crippen molar-refractivity contribution in [2.24, 2.45) is 17.3 Å². The highest BCUT2D eigenvalue weighted by atomic mass is 16.3. The van der Waals surface area contributed by atoms with Crippen LogP contribution in [0.15, 0.2) is 11.6 Å². The van der Waals surface area contributed by atoms with Crippen LogP contribution in [0.3, 0.4) is 0 Å². The second kappa shape index (κ2) is 4.40. The molecule has 98 valence electrons. The minimum Gasteiger partial charge on any atom is -0.396 e. The van der Waals surface area contributed by atoms with Gasteiger partial charge in [0.15, 0.2) is 0 Å². The lowest BCUT2D eigenvalue weighted by atomic mass is 9.61. The molecule has 4 atom stereocenters. The maximum atomic E-state index is 10.7. The lowest BCUT2D eigenvalue weighted by Crippen LogP contribution is -2.45. The molecule has 0 aromatic rings. The molecule has 2 N–H and O–H groups in total. The SMILES string of the molecule is CC1=CCCC2C1C(C)(CO)CCCC2(C)O. The third kappa shape index (κ3) is 2.17. The monoisotopic (exact) mass is 238 g/mol. The van der Waals surface area contributed by atoms with Crippen molar-refractivity contribution in [3.05, 3.63) is 11.6 Å². The Labute approximate surface area is 105 Å². The third-order valence-corrected chi connectivity index (χ3v) is 5.18. The Balaban J connectivity index is 2.42. The fourth-order valence-corrected chi connectivity index (χ4v) is 4.18. The predicted molar refractivity (Wildman–Crippen MR) is 69.6 cm³/mol. The molecule has 0 heterocycles. The van der Waals surface area contributed by atoms with Gasteiger partial charge in [-0.2, -0.15) is 0 Å². The fraction of sp³-hybridized carbons (Fsp3) is 0.867. The molecule has 0 aromatic carbocycles. The van der Waals surface area contributed by atoms with Crippen molar-refractivity contribution in [2.45, 2.75) is 58.5 Å². The Morgan fingerprint density at radius 3 is 2.71 bits per heavy atom. The number of hydrogen-bond acceptors (Lipinski definition) is 2. The van der Waals surface area contributed by atoms with E-state index in [4.69, 9.17) is 0 Å². The maximum Gasteiger partial charge on any atom is 0.0653 e. The van der Waals surface area contributed by atoms with Crippen molar-refractivity contribution >= 4 is 0 Å². The second-order valence-corrected chi connectivity index (χ2v) is 6.63. The molecule has 0 aliphatic heterocycles. The van der Waals surface area contributed by atoms with E-state index in [9.17, 15) is 10.2 Å². The van der Waals surface area contributed by atoms with Gasteiger partial charge in [0.2, 0.25) is 0 Å². The zero-order chi connectivity index (χ0) is 12.7. The van der Waals surface area contributed by atoms with Gasteiger partial charge in [-0.05, 0) is 63.2 Å². The highest BCUT2D eigenvalue weighted by Crippen LogP contribution is 2.52. The van der Waals surface area contributed by atoms with Crippen LogP contribution in [0.1, 0.15) is 52.9 Å². The molecule has 2 rings (SSSR count). The van der Waals surface area contributed by atoms with Crippen molar-refractivity contribution < 1.29 is 10.2 Å². The zero-order valence-electron chi connectivity index (χ0n) is 11.4. The van der Waals surface area contributed by atoms with E-state index in [1.165, 1.54) is 5.57 Å². The molecule has 1 saturated carbocycles. The van der Waals surface area contributed by atoms with Gasteiger partial charge in [-0.15, -0.1) is 0 Å². The molecular weight excluding hydrogens is 212 g/mol. The minimum absolute atomic E-state index is 0.0494. The van der Waals surface area contributed by atoms with Crippen LogP contribution in [0.5, 0.6) is 0 Å². The summed E-state index contributed by atoms with van der Waals surface area (Å²) in [6, 6.07) is 0. The van der Waals surface area contributed by atoms with Crippen LogP contribution < -0.4 is 0 Å². The van der Waals surface area contributed by atoms with Crippen molar-refractivity contribution in [1.82, 2.24) is 0 Å². The van der Waals surface area contributed by atoms with E-state index in [0.717, 1.165) is 32.1 Å². The smallest absolute Gasteiger partial charge is 0.0653 e. The molecule has 2 heteroatoms. The van der Waals surface area contributed by atoms with E-state index < -0.39 is 5.60 Å². The van der Waals surface area contributed by atoms with E-state index in [1.807, 2.05) is 6.92 Å². The van der Waals surface area contributed by atoms with Gasteiger partial charge in [0.25, 0.3) is 0 Å². The summed E-state index contributed by atoms with van der Waals surface area (Å²) >= 11 is 0. The summed E-state index contributed by atoms with van der Waals surface area (Å²) in [5.41, 5.74) is 0.763. The van der Waals surface area contributed by atoms with E-state index in [-0.39, 0.29) is 12.0 Å².